The van der Waals surface area contributed by atoms with Crippen LogP contribution in [0, 0.1) is 0 Å². The molecule has 1 heterocycles. The zero-order valence-corrected chi connectivity index (χ0v) is 8.12. The lowest BCUT2D eigenvalue weighted by atomic mass is 10.3. The van der Waals surface area contributed by atoms with Crippen LogP contribution in [0.3, 0.4) is 0 Å². The van der Waals surface area contributed by atoms with Crippen LogP contribution in [0.25, 0.3) is 0 Å². The zero-order valence-electron chi connectivity index (χ0n) is 8.12. The normalized spacial score (nSPS) is 8.46. The average molecular weight is 184 g/mol. The van der Waals surface area contributed by atoms with Crippen LogP contribution < -0.4 is 0 Å². The highest BCUT2D eigenvalue weighted by molar-refractivity contribution is 5.69. The van der Waals surface area contributed by atoms with Crippen LogP contribution in [0.5, 0.6) is 0 Å². The number of ether oxygens (including phenoxy) is 1. The molecule has 0 aliphatic heterocycles. The van der Waals surface area contributed by atoms with E-state index in [-0.39, 0.29) is 5.97 Å². The molecule has 0 bridgehead atoms. The SMILES string of the molecule is CCCC(=O)OCC.c1cn[nH]c1. The molecule has 1 aromatic heterocycles. The minimum absolute atomic E-state index is 0.0880. The summed E-state index contributed by atoms with van der Waals surface area (Å²) in [6.07, 6.45) is 4.88. The van der Waals surface area contributed by atoms with Crippen molar-refractivity contribution in [2.24, 2.45) is 0 Å². The summed E-state index contributed by atoms with van der Waals surface area (Å²) in [4.78, 5) is 10.4. The second-order valence-electron chi connectivity index (χ2n) is 2.32. The summed E-state index contributed by atoms with van der Waals surface area (Å²) < 4.78 is 4.64. The van der Waals surface area contributed by atoms with Crippen LogP contribution >= 0.6 is 0 Å². The molecule has 0 amide bonds. The van der Waals surface area contributed by atoms with E-state index in [1.165, 1.54) is 0 Å². The van der Waals surface area contributed by atoms with Crippen molar-refractivity contribution in [3.8, 4) is 0 Å². The summed E-state index contributed by atoms with van der Waals surface area (Å²) in [5.41, 5.74) is 0. The number of aromatic nitrogens is 2. The van der Waals surface area contributed by atoms with E-state index >= 15 is 0 Å². The van der Waals surface area contributed by atoms with Crippen molar-refractivity contribution >= 4 is 5.97 Å². The number of aromatic amines is 1. The van der Waals surface area contributed by atoms with E-state index in [1.54, 1.807) is 12.4 Å². The van der Waals surface area contributed by atoms with E-state index in [4.69, 9.17) is 0 Å². The molecule has 1 aromatic rings. The van der Waals surface area contributed by atoms with Gasteiger partial charge in [0.2, 0.25) is 0 Å². The third kappa shape index (κ3) is 8.59. The predicted octanol–water partition coefficient (Wildman–Crippen LogP) is 1.76. The zero-order chi connectivity index (χ0) is 9.94. The Labute approximate surface area is 78.3 Å². The maximum absolute atomic E-state index is 10.4. The first kappa shape index (κ1) is 11.7. The molecular weight excluding hydrogens is 168 g/mol. The van der Waals surface area contributed by atoms with Crippen molar-refractivity contribution in [2.45, 2.75) is 26.7 Å². The molecule has 0 saturated heterocycles. The number of H-pyrrole nitrogens is 1. The number of nitrogens with one attached hydrogen (secondary N) is 1. The minimum atomic E-state index is -0.0880. The second kappa shape index (κ2) is 8.77. The molecule has 4 nitrogen and oxygen atoms in total. The Hall–Kier alpha value is -1.32. The van der Waals surface area contributed by atoms with Gasteiger partial charge in [0, 0.05) is 18.8 Å². The molecule has 0 aromatic carbocycles. The Morgan fingerprint density at radius 3 is 2.62 bits per heavy atom. The van der Waals surface area contributed by atoms with E-state index in [0.29, 0.717) is 13.0 Å². The minimum Gasteiger partial charge on any atom is -0.466 e. The Bertz CT molecular complexity index is 172. The van der Waals surface area contributed by atoms with Crippen molar-refractivity contribution in [3.05, 3.63) is 18.5 Å². The van der Waals surface area contributed by atoms with E-state index in [1.807, 2.05) is 19.9 Å². The molecule has 0 fully saturated rings. The van der Waals surface area contributed by atoms with Crippen LogP contribution in [-0.2, 0) is 9.53 Å². The Morgan fingerprint density at radius 1 is 1.54 bits per heavy atom. The summed E-state index contributed by atoms with van der Waals surface area (Å²) >= 11 is 0. The van der Waals surface area contributed by atoms with Gasteiger partial charge in [0.25, 0.3) is 0 Å². The smallest absolute Gasteiger partial charge is 0.305 e. The maximum Gasteiger partial charge on any atom is 0.305 e. The van der Waals surface area contributed by atoms with Crippen LogP contribution in [0.15, 0.2) is 18.5 Å². The molecule has 13 heavy (non-hydrogen) atoms. The number of carbonyl (C=O) groups is 1. The summed E-state index contributed by atoms with van der Waals surface area (Å²) in [6, 6.07) is 1.83. The second-order valence-corrected chi connectivity index (χ2v) is 2.32. The summed E-state index contributed by atoms with van der Waals surface area (Å²) in [5.74, 6) is -0.0880. The molecule has 0 saturated carbocycles. The Morgan fingerprint density at radius 2 is 2.31 bits per heavy atom. The lowest BCUT2D eigenvalue weighted by molar-refractivity contribution is -0.143. The molecule has 1 rings (SSSR count). The van der Waals surface area contributed by atoms with Gasteiger partial charge in [0.05, 0.1) is 6.61 Å². The van der Waals surface area contributed by atoms with Crippen LogP contribution in [0.1, 0.15) is 26.7 Å². The first-order chi connectivity index (χ1) is 6.31. The Kier molecular flexibility index (Phi) is 7.88. The van der Waals surface area contributed by atoms with Gasteiger partial charge >= 0.3 is 5.97 Å². The monoisotopic (exact) mass is 184 g/mol. The van der Waals surface area contributed by atoms with Crippen molar-refractivity contribution < 1.29 is 9.53 Å². The quantitative estimate of drug-likeness (QED) is 0.728. The van der Waals surface area contributed by atoms with Gasteiger partial charge in [0.15, 0.2) is 0 Å². The molecule has 0 aliphatic rings. The third-order valence-electron chi connectivity index (χ3n) is 1.17. The van der Waals surface area contributed by atoms with E-state index in [2.05, 4.69) is 14.9 Å². The van der Waals surface area contributed by atoms with Gasteiger partial charge in [-0.05, 0) is 19.4 Å². The molecular formula is C9H16N2O2. The molecule has 0 spiro atoms. The molecule has 0 aliphatic carbocycles. The van der Waals surface area contributed by atoms with Gasteiger partial charge in [-0.25, -0.2) is 0 Å². The molecule has 0 unspecified atom stereocenters. The highest BCUT2D eigenvalue weighted by atomic mass is 16.5. The molecule has 4 heteroatoms. The number of hydrogen-bond acceptors (Lipinski definition) is 3. The fraction of sp³-hybridized carbons (Fsp3) is 0.556. The van der Waals surface area contributed by atoms with Gasteiger partial charge in [0.1, 0.15) is 0 Å². The standard InChI is InChI=1S/C6H12O2.C3H4N2/c1-3-5-6(7)8-4-2;1-2-4-5-3-1/h3-5H2,1-2H3;1-3H,(H,4,5). The average Bonchev–Trinajstić information content (AvgIpc) is 2.61. The van der Waals surface area contributed by atoms with Crippen molar-refractivity contribution in [2.75, 3.05) is 6.61 Å². The fourth-order valence-electron chi connectivity index (χ4n) is 0.652. The highest BCUT2D eigenvalue weighted by Crippen LogP contribution is 1.89. The van der Waals surface area contributed by atoms with Crippen LogP contribution in [0.4, 0.5) is 0 Å². The predicted molar refractivity (Wildman–Crippen MR) is 50.1 cm³/mol. The lowest BCUT2D eigenvalue weighted by Crippen LogP contribution is -2.01. The van der Waals surface area contributed by atoms with Gasteiger partial charge in [-0.3, -0.25) is 9.89 Å². The third-order valence-corrected chi connectivity index (χ3v) is 1.17. The molecule has 0 radical (unpaired) electrons. The Balaban J connectivity index is 0.000000243. The van der Waals surface area contributed by atoms with Crippen molar-refractivity contribution in [1.82, 2.24) is 10.2 Å². The lowest BCUT2D eigenvalue weighted by Gasteiger charge is -1.96. The van der Waals surface area contributed by atoms with E-state index in [9.17, 15) is 4.79 Å². The largest absolute Gasteiger partial charge is 0.466 e. The van der Waals surface area contributed by atoms with Crippen molar-refractivity contribution in [3.63, 3.8) is 0 Å². The highest BCUT2D eigenvalue weighted by Gasteiger charge is 1.95. The summed E-state index contributed by atoms with van der Waals surface area (Å²) in [5, 5.41) is 6.21. The van der Waals surface area contributed by atoms with Gasteiger partial charge in [-0.15, -0.1) is 0 Å². The van der Waals surface area contributed by atoms with E-state index in [0.717, 1.165) is 6.42 Å². The number of nitrogens with zero attached hydrogens (tertiary/aromatic N) is 1. The topological polar surface area (TPSA) is 55.0 Å². The summed E-state index contributed by atoms with van der Waals surface area (Å²) in [7, 11) is 0. The fourth-order valence-corrected chi connectivity index (χ4v) is 0.652. The van der Waals surface area contributed by atoms with Crippen LogP contribution in [-0.4, -0.2) is 22.8 Å². The maximum atomic E-state index is 10.4. The number of esters is 1. The van der Waals surface area contributed by atoms with Gasteiger partial charge in [-0.1, -0.05) is 6.92 Å². The first-order valence-corrected chi connectivity index (χ1v) is 4.40. The van der Waals surface area contributed by atoms with Crippen LogP contribution in [0.2, 0.25) is 0 Å². The van der Waals surface area contributed by atoms with Crippen molar-refractivity contribution in [1.29, 1.82) is 0 Å². The number of hydrogen-bond donors (Lipinski definition) is 1. The van der Waals surface area contributed by atoms with Gasteiger partial charge < -0.3 is 4.74 Å². The molecule has 1 N–H and O–H groups in total. The van der Waals surface area contributed by atoms with Gasteiger partial charge in [-0.2, -0.15) is 5.10 Å². The molecule has 74 valence electrons. The van der Waals surface area contributed by atoms with E-state index < -0.39 is 0 Å². The number of rotatable bonds is 3. The summed E-state index contributed by atoms with van der Waals surface area (Å²) in [6.45, 7) is 4.27. The molecule has 0 atom stereocenters. The first-order valence-electron chi connectivity index (χ1n) is 4.40. The number of carbonyl (C=O) groups excluding carboxylic acids is 1.